The van der Waals surface area contributed by atoms with Gasteiger partial charge in [-0.15, -0.1) is 0 Å². The Hall–Kier alpha value is -3.33. The number of ether oxygens (including phenoxy) is 2. The fourth-order valence-corrected chi connectivity index (χ4v) is 4.09. The SMILES string of the molecule is CCOC(=O)c1ccc(-n2c(C)cc(/C=C3/SC(=O)N(CC(=O)OC)C3=O)c2C)cc1. The van der Waals surface area contributed by atoms with Gasteiger partial charge in [0.05, 0.1) is 24.2 Å². The molecule has 1 aliphatic heterocycles. The van der Waals surface area contributed by atoms with Crippen LogP contribution in [0.1, 0.15) is 34.2 Å². The van der Waals surface area contributed by atoms with E-state index in [1.54, 1.807) is 25.1 Å². The van der Waals surface area contributed by atoms with Crippen LogP contribution >= 0.6 is 11.8 Å². The van der Waals surface area contributed by atoms with E-state index >= 15 is 0 Å². The molecule has 2 amide bonds. The van der Waals surface area contributed by atoms with E-state index in [1.807, 2.05) is 36.6 Å². The van der Waals surface area contributed by atoms with Crippen molar-refractivity contribution in [3.63, 3.8) is 0 Å². The molecule has 3 rings (SSSR count). The van der Waals surface area contributed by atoms with Crippen LogP contribution in [0.5, 0.6) is 0 Å². The lowest BCUT2D eigenvalue weighted by atomic mass is 10.2. The number of nitrogens with zero attached hydrogens (tertiary/aromatic N) is 2. The van der Waals surface area contributed by atoms with Crippen molar-refractivity contribution >= 4 is 40.9 Å². The lowest BCUT2D eigenvalue weighted by molar-refractivity contribution is -0.143. The van der Waals surface area contributed by atoms with Gasteiger partial charge in [-0.05, 0) is 74.5 Å². The third-order valence-corrected chi connectivity index (χ3v) is 5.69. The molecule has 0 unspecified atom stereocenters. The maximum atomic E-state index is 12.6. The fourth-order valence-electron chi connectivity index (χ4n) is 3.26. The molecule has 0 N–H and O–H groups in total. The summed E-state index contributed by atoms with van der Waals surface area (Å²) in [5.41, 5.74) is 3.87. The van der Waals surface area contributed by atoms with Crippen LogP contribution in [-0.2, 0) is 19.1 Å². The highest BCUT2D eigenvalue weighted by Crippen LogP contribution is 2.33. The number of aromatic nitrogens is 1. The number of imide groups is 1. The van der Waals surface area contributed by atoms with Gasteiger partial charge in [0.1, 0.15) is 6.54 Å². The number of hydrogen-bond donors (Lipinski definition) is 0. The molecule has 1 aromatic heterocycles. The molecule has 0 saturated carbocycles. The normalized spacial score (nSPS) is 15.0. The molecule has 8 nitrogen and oxygen atoms in total. The van der Waals surface area contributed by atoms with Gasteiger partial charge in [-0.1, -0.05) is 0 Å². The number of esters is 2. The Morgan fingerprint density at radius 2 is 1.81 bits per heavy atom. The van der Waals surface area contributed by atoms with Crippen molar-refractivity contribution in [2.45, 2.75) is 20.8 Å². The van der Waals surface area contributed by atoms with Crippen LogP contribution in [0.25, 0.3) is 11.8 Å². The van der Waals surface area contributed by atoms with Gasteiger partial charge >= 0.3 is 11.9 Å². The van der Waals surface area contributed by atoms with E-state index in [-0.39, 0.29) is 10.9 Å². The van der Waals surface area contributed by atoms with Crippen LogP contribution in [0.4, 0.5) is 4.79 Å². The van der Waals surface area contributed by atoms with E-state index in [4.69, 9.17) is 4.74 Å². The quantitative estimate of drug-likeness (QED) is 0.499. The summed E-state index contributed by atoms with van der Waals surface area (Å²) >= 11 is 0.789. The second kappa shape index (κ2) is 9.22. The van der Waals surface area contributed by atoms with Crippen molar-refractivity contribution in [2.24, 2.45) is 0 Å². The first kappa shape index (κ1) is 22.4. The summed E-state index contributed by atoms with van der Waals surface area (Å²) < 4.78 is 11.5. The summed E-state index contributed by atoms with van der Waals surface area (Å²) in [5, 5.41) is -0.509. The molecule has 1 aromatic carbocycles. The average Bonchev–Trinajstić information content (AvgIpc) is 3.17. The Morgan fingerprint density at radius 3 is 2.42 bits per heavy atom. The number of thioether (sulfide) groups is 1. The van der Waals surface area contributed by atoms with Crippen LogP contribution in [0, 0.1) is 13.8 Å². The summed E-state index contributed by atoms with van der Waals surface area (Å²) in [6.07, 6.45) is 1.65. The molecule has 31 heavy (non-hydrogen) atoms. The van der Waals surface area contributed by atoms with Gasteiger partial charge in [0.15, 0.2) is 0 Å². The van der Waals surface area contributed by atoms with Gasteiger partial charge < -0.3 is 14.0 Å². The van der Waals surface area contributed by atoms with Crippen LogP contribution < -0.4 is 0 Å². The first-order chi connectivity index (χ1) is 14.8. The Labute approximate surface area is 183 Å². The molecule has 162 valence electrons. The summed E-state index contributed by atoms with van der Waals surface area (Å²) in [6, 6.07) is 8.94. The highest BCUT2D eigenvalue weighted by Gasteiger charge is 2.36. The molecule has 1 fully saturated rings. The van der Waals surface area contributed by atoms with Gasteiger partial charge in [-0.25, -0.2) is 4.79 Å². The summed E-state index contributed by atoms with van der Waals surface area (Å²) in [5.74, 6) is -1.56. The van der Waals surface area contributed by atoms with Crippen molar-refractivity contribution in [3.05, 3.63) is 57.8 Å². The number of methoxy groups -OCH3 is 1. The molecule has 2 heterocycles. The van der Waals surface area contributed by atoms with Crippen molar-refractivity contribution < 1.29 is 28.7 Å². The Bertz CT molecular complexity index is 1080. The van der Waals surface area contributed by atoms with E-state index in [0.717, 1.165) is 39.3 Å². The molecule has 9 heteroatoms. The topological polar surface area (TPSA) is 94.9 Å². The monoisotopic (exact) mass is 442 g/mol. The second-order valence-corrected chi connectivity index (χ2v) is 7.77. The van der Waals surface area contributed by atoms with Gasteiger partial charge in [0.25, 0.3) is 11.1 Å². The minimum Gasteiger partial charge on any atom is -0.468 e. The zero-order valence-electron chi connectivity index (χ0n) is 17.6. The fraction of sp³-hybridized carbons (Fsp3) is 0.273. The standard InChI is InChI=1S/C22H22N2O6S/c1-5-30-21(27)15-6-8-17(9-7-15)24-13(2)10-16(14(24)3)11-18-20(26)23(22(28)31-18)12-19(25)29-4/h6-11H,5,12H2,1-4H3/b18-11+. The molecular formula is C22H22N2O6S. The Morgan fingerprint density at radius 1 is 1.13 bits per heavy atom. The van der Waals surface area contributed by atoms with Gasteiger partial charge in [0, 0.05) is 17.1 Å². The molecule has 2 aromatic rings. The number of amides is 2. The third kappa shape index (κ3) is 4.56. The van der Waals surface area contributed by atoms with Gasteiger partial charge in [-0.2, -0.15) is 0 Å². The summed E-state index contributed by atoms with van der Waals surface area (Å²) in [7, 11) is 1.20. The third-order valence-electron chi connectivity index (χ3n) is 4.78. The lowest BCUT2D eigenvalue weighted by Crippen LogP contribution is -2.34. The zero-order chi connectivity index (χ0) is 22.7. The Balaban J connectivity index is 1.88. The molecule has 0 aliphatic carbocycles. The molecule has 1 saturated heterocycles. The van der Waals surface area contributed by atoms with Crippen molar-refractivity contribution in [2.75, 3.05) is 20.3 Å². The highest BCUT2D eigenvalue weighted by atomic mass is 32.2. The first-order valence-corrected chi connectivity index (χ1v) is 10.4. The van der Waals surface area contributed by atoms with Crippen molar-refractivity contribution in [3.8, 4) is 5.69 Å². The van der Waals surface area contributed by atoms with Crippen LogP contribution in [0.2, 0.25) is 0 Å². The molecule has 0 atom stereocenters. The number of hydrogen-bond acceptors (Lipinski definition) is 7. The number of carbonyl (C=O) groups is 4. The van der Waals surface area contributed by atoms with E-state index in [1.165, 1.54) is 7.11 Å². The summed E-state index contributed by atoms with van der Waals surface area (Å²) in [6.45, 7) is 5.48. The highest BCUT2D eigenvalue weighted by molar-refractivity contribution is 8.18. The lowest BCUT2D eigenvalue weighted by Gasteiger charge is -2.11. The van der Waals surface area contributed by atoms with Crippen LogP contribution in [0.15, 0.2) is 35.2 Å². The molecule has 1 aliphatic rings. The van der Waals surface area contributed by atoms with E-state index in [2.05, 4.69) is 4.74 Å². The van der Waals surface area contributed by atoms with Crippen LogP contribution in [-0.4, -0.2) is 52.8 Å². The second-order valence-electron chi connectivity index (χ2n) is 6.77. The number of rotatable bonds is 6. The minimum atomic E-state index is -0.659. The zero-order valence-corrected chi connectivity index (χ0v) is 18.4. The van der Waals surface area contributed by atoms with E-state index < -0.39 is 23.7 Å². The van der Waals surface area contributed by atoms with Crippen molar-refractivity contribution in [1.82, 2.24) is 9.47 Å². The smallest absolute Gasteiger partial charge is 0.338 e. The van der Waals surface area contributed by atoms with Crippen molar-refractivity contribution in [1.29, 1.82) is 0 Å². The molecule has 0 bridgehead atoms. The summed E-state index contributed by atoms with van der Waals surface area (Å²) in [4.78, 5) is 49.1. The number of carbonyl (C=O) groups excluding carboxylic acids is 4. The minimum absolute atomic E-state index is 0.242. The molecular weight excluding hydrogens is 420 g/mol. The Kier molecular flexibility index (Phi) is 6.65. The molecule has 0 radical (unpaired) electrons. The molecule has 0 spiro atoms. The maximum absolute atomic E-state index is 12.6. The van der Waals surface area contributed by atoms with E-state index in [9.17, 15) is 19.2 Å². The predicted octanol–water partition coefficient (Wildman–Crippen LogP) is 3.48. The van der Waals surface area contributed by atoms with E-state index in [0.29, 0.717) is 12.2 Å². The van der Waals surface area contributed by atoms with Crippen LogP contribution in [0.3, 0.4) is 0 Å². The largest absolute Gasteiger partial charge is 0.468 e. The number of benzene rings is 1. The average molecular weight is 442 g/mol. The van der Waals surface area contributed by atoms with Gasteiger partial charge in [-0.3, -0.25) is 19.3 Å². The maximum Gasteiger partial charge on any atom is 0.338 e. The number of aryl methyl sites for hydroxylation is 1. The van der Waals surface area contributed by atoms with Gasteiger partial charge in [0.2, 0.25) is 0 Å². The predicted molar refractivity (Wildman–Crippen MR) is 116 cm³/mol. The first-order valence-electron chi connectivity index (χ1n) is 9.55.